The predicted molar refractivity (Wildman–Crippen MR) is 141 cm³/mol. The molecule has 0 spiro atoms. The minimum absolute atomic E-state index is 0.0690. The zero-order valence-electron chi connectivity index (χ0n) is 21.1. The number of amides is 2. The second-order valence-electron chi connectivity index (χ2n) is 9.36. The maximum absolute atomic E-state index is 13.9. The lowest BCUT2D eigenvalue weighted by Crippen LogP contribution is -2.43. The van der Waals surface area contributed by atoms with Crippen LogP contribution in [0.15, 0.2) is 103 Å². The van der Waals surface area contributed by atoms with Gasteiger partial charge >= 0.3 is 12.1 Å². The number of benzene rings is 3. The number of ether oxygens (including phenoxy) is 2. The van der Waals surface area contributed by atoms with Gasteiger partial charge in [-0.2, -0.15) is 0 Å². The molecule has 5 rings (SSSR count). The van der Waals surface area contributed by atoms with Gasteiger partial charge in [-0.3, -0.25) is 9.59 Å². The van der Waals surface area contributed by atoms with Gasteiger partial charge in [0.25, 0.3) is 0 Å². The van der Waals surface area contributed by atoms with Crippen LogP contribution in [-0.4, -0.2) is 40.1 Å². The first kappa shape index (κ1) is 25.9. The molecule has 39 heavy (non-hydrogen) atoms. The summed E-state index contributed by atoms with van der Waals surface area (Å²) in [6.07, 6.45) is 2.86. The number of esters is 1. The average molecular weight is 527 g/mol. The molecule has 0 N–H and O–H groups in total. The molecule has 1 aliphatic heterocycles. The van der Waals surface area contributed by atoms with Crippen molar-refractivity contribution < 1.29 is 28.2 Å². The van der Waals surface area contributed by atoms with E-state index in [1.165, 1.54) is 12.1 Å². The van der Waals surface area contributed by atoms with E-state index >= 15 is 0 Å². The van der Waals surface area contributed by atoms with Crippen LogP contribution in [0.25, 0.3) is 5.69 Å². The summed E-state index contributed by atoms with van der Waals surface area (Å²) in [7, 11) is 0. The molecule has 7 nitrogen and oxygen atoms in total. The van der Waals surface area contributed by atoms with E-state index in [4.69, 9.17) is 9.47 Å². The number of cyclic esters (lactones) is 1. The minimum atomic E-state index is -0.987. The Hall–Kier alpha value is -4.72. The summed E-state index contributed by atoms with van der Waals surface area (Å²) in [4.78, 5) is 40.7. The smallest absolute Gasteiger partial charge is 0.417 e. The van der Waals surface area contributed by atoms with Crippen molar-refractivity contribution in [2.45, 2.75) is 31.4 Å². The van der Waals surface area contributed by atoms with E-state index in [1.54, 1.807) is 35.2 Å². The summed E-state index contributed by atoms with van der Waals surface area (Å²) >= 11 is 0. The quantitative estimate of drug-likeness (QED) is 0.272. The summed E-state index contributed by atoms with van der Waals surface area (Å²) in [5.41, 5.74) is 2.99. The fourth-order valence-corrected chi connectivity index (χ4v) is 4.64. The molecule has 8 heteroatoms. The van der Waals surface area contributed by atoms with Crippen LogP contribution in [0.3, 0.4) is 0 Å². The Bertz CT molecular complexity index is 1440. The number of hydrogen-bond acceptors (Lipinski definition) is 5. The van der Waals surface area contributed by atoms with E-state index in [0.717, 1.165) is 16.0 Å². The van der Waals surface area contributed by atoms with E-state index in [1.807, 2.05) is 60.7 Å². The lowest BCUT2D eigenvalue weighted by atomic mass is 9.95. The highest BCUT2D eigenvalue weighted by molar-refractivity contribution is 5.98. The van der Waals surface area contributed by atoms with Gasteiger partial charge in [-0.05, 0) is 53.4 Å². The SMILES string of the molecule is O=C(C[C@H](C(=O)N1C(=O)OC[C@@H]1Cc1ccccc1)c1ccn(-c2ccc(F)cc2)c1)OCc1ccccc1. The Morgan fingerprint density at radius 2 is 1.59 bits per heavy atom. The first-order chi connectivity index (χ1) is 19.0. The first-order valence-electron chi connectivity index (χ1n) is 12.6. The lowest BCUT2D eigenvalue weighted by Gasteiger charge is -2.24. The number of rotatable bonds is 9. The largest absolute Gasteiger partial charge is 0.461 e. The molecular weight excluding hydrogens is 499 g/mol. The summed E-state index contributed by atoms with van der Waals surface area (Å²) in [6.45, 7) is 0.140. The second kappa shape index (κ2) is 11.8. The number of halogens is 1. The Morgan fingerprint density at radius 3 is 2.28 bits per heavy atom. The standard InChI is InChI=1S/C31H27FN2O5/c32-25-11-13-26(14-12-25)33-16-15-24(19-33)28(18-29(35)38-20-23-9-5-2-6-10-23)30(36)34-27(21-39-31(34)37)17-22-7-3-1-4-8-22/h1-16,19,27-28H,17-18,20-21H2/t27-,28-/m0/s1. The summed E-state index contributed by atoms with van der Waals surface area (Å²) in [5, 5.41) is 0. The van der Waals surface area contributed by atoms with Crippen molar-refractivity contribution in [3.8, 4) is 5.69 Å². The van der Waals surface area contributed by atoms with Crippen molar-refractivity contribution in [3.05, 3.63) is 126 Å². The Morgan fingerprint density at radius 1 is 0.923 bits per heavy atom. The van der Waals surface area contributed by atoms with Crippen molar-refractivity contribution in [2.24, 2.45) is 0 Å². The molecular formula is C31H27FN2O5. The molecule has 1 aromatic heterocycles. The van der Waals surface area contributed by atoms with Crippen LogP contribution in [0.5, 0.6) is 0 Å². The van der Waals surface area contributed by atoms with Crippen LogP contribution in [0, 0.1) is 5.82 Å². The number of aromatic nitrogens is 1. The molecule has 1 saturated heterocycles. The molecule has 0 aliphatic carbocycles. The van der Waals surface area contributed by atoms with Gasteiger partial charge in [0.05, 0.1) is 18.4 Å². The van der Waals surface area contributed by atoms with Crippen LogP contribution >= 0.6 is 0 Å². The molecule has 0 saturated carbocycles. The van der Waals surface area contributed by atoms with Crippen molar-refractivity contribution in [3.63, 3.8) is 0 Å². The molecule has 0 unspecified atom stereocenters. The van der Waals surface area contributed by atoms with E-state index in [9.17, 15) is 18.8 Å². The number of carbonyl (C=O) groups is 3. The second-order valence-corrected chi connectivity index (χ2v) is 9.36. The highest BCUT2D eigenvalue weighted by Gasteiger charge is 2.42. The van der Waals surface area contributed by atoms with Crippen molar-refractivity contribution in [1.82, 2.24) is 9.47 Å². The van der Waals surface area contributed by atoms with Gasteiger partial charge in [0.15, 0.2) is 0 Å². The van der Waals surface area contributed by atoms with Gasteiger partial charge in [0.1, 0.15) is 19.0 Å². The molecule has 2 amide bonds. The van der Waals surface area contributed by atoms with Gasteiger partial charge in [0.2, 0.25) is 5.91 Å². The van der Waals surface area contributed by atoms with Crippen molar-refractivity contribution in [2.75, 3.05) is 6.61 Å². The highest BCUT2D eigenvalue weighted by Crippen LogP contribution is 2.29. The molecule has 1 fully saturated rings. The molecule has 4 aromatic rings. The molecule has 0 radical (unpaired) electrons. The molecule has 2 atom stereocenters. The van der Waals surface area contributed by atoms with Crippen LogP contribution in [0.1, 0.15) is 29.0 Å². The van der Waals surface area contributed by atoms with Gasteiger partial charge in [0, 0.05) is 18.1 Å². The first-order valence-corrected chi connectivity index (χ1v) is 12.6. The van der Waals surface area contributed by atoms with Crippen molar-refractivity contribution >= 4 is 18.0 Å². The van der Waals surface area contributed by atoms with Crippen molar-refractivity contribution in [1.29, 1.82) is 0 Å². The van der Waals surface area contributed by atoms with Crippen LogP contribution in [0.2, 0.25) is 0 Å². The van der Waals surface area contributed by atoms with Crippen LogP contribution in [-0.2, 0) is 32.1 Å². The normalized spacial score (nSPS) is 15.6. The molecule has 0 bridgehead atoms. The summed E-state index contributed by atoms with van der Waals surface area (Å²) < 4.78 is 25.9. The monoisotopic (exact) mass is 526 g/mol. The number of nitrogens with zero attached hydrogens (tertiary/aromatic N) is 2. The number of imide groups is 1. The zero-order valence-corrected chi connectivity index (χ0v) is 21.1. The third-order valence-corrected chi connectivity index (χ3v) is 6.67. The van der Waals surface area contributed by atoms with Gasteiger partial charge < -0.3 is 14.0 Å². The summed E-state index contributed by atoms with van der Waals surface area (Å²) in [5.74, 6) is -2.46. The third-order valence-electron chi connectivity index (χ3n) is 6.67. The van der Waals surface area contributed by atoms with Gasteiger partial charge in [-0.25, -0.2) is 14.1 Å². The van der Waals surface area contributed by atoms with E-state index in [0.29, 0.717) is 17.7 Å². The predicted octanol–water partition coefficient (Wildman–Crippen LogP) is 5.42. The lowest BCUT2D eigenvalue weighted by molar-refractivity contribution is -0.148. The van der Waals surface area contributed by atoms with Gasteiger partial charge in [-0.15, -0.1) is 0 Å². The molecule has 3 aromatic carbocycles. The summed E-state index contributed by atoms with van der Waals surface area (Å²) in [6, 6.07) is 25.9. The molecule has 1 aliphatic rings. The maximum atomic E-state index is 13.9. The van der Waals surface area contributed by atoms with Crippen LogP contribution < -0.4 is 0 Å². The molecule has 2 heterocycles. The maximum Gasteiger partial charge on any atom is 0.417 e. The van der Waals surface area contributed by atoms with Gasteiger partial charge in [-0.1, -0.05) is 60.7 Å². The Balaban J connectivity index is 1.40. The average Bonchev–Trinajstić information content (AvgIpc) is 3.59. The van der Waals surface area contributed by atoms with Crippen LogP contribution in [0.4, 0.5) is 9.18 Å². The fourth-order valence-electron chi connectivity index (χ4n) is 4.64. The van der Waals surface area contributed by atoms with E-state index < -0.39 is 29.9 Å². The zero-order chi connectivity index (χ0) is 27.2. The van der Waals surface area contributed by atoms with E-state index in [-0.39, 0.29) is 25.5 Å². The highest BCUT2D eigenvalue weighted by atomic mass is 19.1. The molecule has 198 valence electrons. The third kappa shape index (κ3) is 6.23. The van der Waals surface area contributed by atoms with E-state index in [2.05, 4.69) is 0 Å². The topological polar surface area (TPSA) is 77.8 Å². The Labute approximate surface area is 225 Å². The number of carbonyl (C=O) groups excluding carboxylic acids is 3. The number of hydrogen-bond donors (Lipinski definition) is 0. The fraction of sp³-hybridized carbons (Fsp3) is 0.194. The minimum Gasteiger partial charge on any atom is -0.461 e. The Kier molecular flexibility index (Phi) is 7.82.